The molecule has 0 saturated carbocycles. The molecule has 1 fully saturated rings. The number of amides is 1. The summed E-state index contributed by atoms with van der Waals surface area (Å²) in [5, 5.41) is 2.92. The molecule has 30 heavy (non-hydrogen) atoms. The Morgan fingerprint density at radius 2 is 2.00 bits per heavy atom. The van der Waals surface area contributed by atoms with Gasteiger partial charge in [0.05, 0.1) is 15.5 Å². The zero-order valence-electron chi connectivity index (χ0n) is 16.8. The highest BCUT2D eigenvalue weighted by Gasteiger charge is 2.29. The summed E-state index contributed by atoms with van der Waals surface area (Å²) < 4.78 is 33.0. The number of halogens is 1. The molecule has 1 N–H and O–H groups in total. The predicted octanol–water partition coefficient (Wildman–Crippen LogP) is 4.58. The van der Waals surface area contributed by atoms with E-state index in [1.54, 1.807) is 30.3 Å². The monoisotopic (exact) mass is 448 g/mol. The van der Waals surface area contributed by atoms with Crippen LogP contribution in [0.2, 0.25) is 5.02 Å². The Bertz CT molecular complexity index is 1030. The lowest BCUT2D eigenvalue weighted by atomic mass is 10.0. The first-order valence-electron chi connectivity index (χ1n) is 9.76. The first-order valence-corrected chi connectivity index (χ1v) is 11.6. The molecule has 1 aliphatic heterocycles. The maximum absolute atomic E-state index is 13.0. The van der Waals surface area contributed by atoms with Crippen LogP contribution in [0, 0.1) is 5.92 Å². The average Bonchev–Trinajstić information content (AvgIpc) is 2.73. The third-order valence-corrected chi connectivity index (χ3v) is 7.25. The van der Waals surface area contributed by atoms with E-state index in [9.17, 15) is 13.2 Å². The number of benzene rings is 2. The summed E-state index contributed by atoms with van der Waals surface area (Å²) in [5.74, 6) is 0.592. The second-order valence-corrected chi connectivity index (χ2v) is 9.66. The second kappa shape index (κ2) is 9.64. The number of nitrogens with one attached hydrogen (secondary N) is 1. The zero-order chi connectivity index (χ0) is 21.7. The number of piperidine rings is 1. The van der Waals surface area contributed by atoms with Crippen LogP contribution in [0.4, 0.5) is 5.69 Å². The number of sulfonamides is 1. The van der Waals surface area contributed by atoms with Crippen molar-refractivity contribution in [2.24, 2.45) is 5.92 Å². The Balaban J connectivity index is 1.81. The highest BCUT2D eigenvalue weighted by atomic mass is 35.5. The number of anilines is 1. The normalized spacial score (nSPS) is 15.5. The molecule has 0 aromatic heterocycles. The molecule has 0 radical (unpaired) electrons. The number of hydrogen-bond acceptors (Lipinski definition) is 4. The van der Waals surface area contributed by atoms with Gasteiger partial charge in [-0.05, 0) is 49.1 Å². The van der Waals surface area contributed by atoms with Crippen LogP contribution in [0.25, 0.3) is 0 Å². The lowest BCUT2D eigenvalue weighted by Gasteiger charge is -2.29. The minimum absolute atomic E-state index is 0.0645. The molecule has 1 saturated heterocycles. The maximum atomic E-state index is 13.0. The number of carbonyl (C=O) groups is 1. The summed E-state index contributed by atoms with van der Waals surface area (Å²) in [4.78, 5) is 12.9. The number of nitrogens with zero attached hydrogens (tertiary/aromatic N) is 1. The Labute approximate surface area is 182 Å². The van der Waals surface area contributed by atoms with Crippen molar-refractivity contribution in [2.75, 3.05) is 25.0 Å². The highest BCUT2D eigenvalue weighted by Crippen LogP contribution is 2.27. The van der Waals surface area contributed by atoms with Crippen LogP contribution in [-0.2, 0) is 10.0 Å². The van der Waals surface area contributed by atoms with E-state index in [2.05, 4.69) is 18.8 Å². The number of carbonyl (C=O) groups excluding carboxylic acids is 1. The van der Waals surface area contributed by atoms with Gasteiger partial charge in [-0.3, -0.25) is 4.79 Å². The molecule has 0 atom stereocenters. The van der Waals surface area contributed by atoms with Crippen molar-refractivity contribution in [1.82, 2.24) is 4.31 Å². The summed E-state index contributed by atoms with van der Waals surface area (Å²) in [5.41, 5.74) is 0.608. The third kappa shape index (κ3) is 5.22. The van der Waals surface area contributed by atoms with Crippen molar-refractivity contribution in [3.63, 3.8) is 0 Å². The standard InChI is InChI=1S/C22H25ClN2O4S/c1-3-13-29-18-6-4-5-17(14-18)24-22(26)20-15-19(7-8-21(20)23)30(27,28)25-11-9-16(2)10-12-25/h3-8,14-16H,1,9-13H2,2H3,(H,24,26). The fourth-order valence-corrected chi connectivity index (χ4v) is 4.93. The van der Waals surface area contributed by atoms with Crippen LogP contribution in [0.1, 0.15) is 30.1 Å². The molecule has 0 bridgehead atoms. The molecule has 0 spiro atoms. The topological polar surface area (TPSA) is 75.7 Å². The van der Waals surface area contributed by atoms with E-state index < -0.39 is 15.9 Å². The number of ether oxygens (including phenoxy) is 1. The van der Waals surface area contributed by atoms with Gasteiger partial charge in [0.15, 0.2) is 0 Å². The van der Waals surface area contributed by atoms with Crippen LogP contribution >= 0.6 is 11.6 Å². The van der Waals surface area contributed by atoms with Crippen LogP contribution in [0.15, 0.2) is 60.0 Å². The SMILES string of the molecule is C=CCOc1cccc(NC(=O)c2cc(S(=O)(=O)N3CCC(C)CC3)ccc2Cl)c1. The summed E-state index contributed by atoms with van der Waals surface area (Å²) in [6, 6.07) is 11.1. The van der Waals surface area contributed by atoms with Crippen molar-refractivity contribution < 1.29 is 17.9 Å². The fraction of sp³-hybridized carbons (Fsp3) is 0.318. The largest absolute Gasteiger partial charge is 0.489 e. The van der Waals surface area contributed by atoms with E-state index in [0.29, 0.717) is 37.1 Å². The summed E-state index contributed by atoms with van der Waals surface area (Å²) in [7, 11) is -3.68. The van der Waals surface area contributed by atoms with Crippen molar-refractivity contribution in [1.29, 1.82) is 0 Å². The van der Waals surface area contributed by atoms with Gasteiger partial charge in [0.2, 0.25) is 10.0 Å². The Hall–Kier alpha value is -2.35. The van der Waals surface area contributed by atoms with Gasteiger partial charge in [-0.15, -0.1) is 0 Å². The van der Waals surface area contributed by atoms with Gasteiger partial charge in [-0.1, -0.05) is 37.2 Å². The molecule has 1 aliphatic rings. The van der Waals surface area contributed by atoms with Crippen LogP contribution in [-0.4, -0.2) is 38.3 Å². The Morgan fingerprint density at radius 1 is 1.27 bits per heavy atom. The lowest BCUT2D eigenvalue weighted by molar-refractivity contribution is 0.102. The van der Waals surface area contributed by atoms with E-state index in [1.165, 1.54) is 22.5 Å². The van der Waals surface area contributed by atoms with Crippen LogP contribution in [0.3, 0.4) is 0 Å². The zero-order valence-corrected chi connectivity index (χ0v) is 18.4. The minimum Gasteiger partial charge on any atom is -0.489 e. The van der Waals surface area contributed by atoms with Gasteiger partial charge >= 0.3 is 0 Å². The Morgan fingerprint density at radius 3 is 2.70 bits per heavy atom. The number of hydrogen-bond donors (Lipinski definition) is 1. The smallest absolute Gasteiger partial charge is 0.257 e. The van der Waals surface area contributed by atoms with E-state index in [-0.39, 0.29) is 15.5 Å². The number of rotatable bonds is 7. The van der Waals surface area contributed by atoms with Gasteiger partial charge in [0, 0.05) is 24.8 Å². The highest BCUT2D eigenvalue weighted by molar-refractivity contribution is 7.89. The second-order valence-electron chi connectivity index (χ2n) is 7.31. The van der Waals surface area contributed by atoms with Crippen molar-refractivity contribution in [3.8, 4) is 5.75 Å². The van der Waals surface area contributed by atoms with E-state index in [0.717, 1.165) is 12.8 Å². The molecule has 2 aromatic rings. The molecular weight excluding hydrogens is 424 g/mol. The van der Waals surface area contributed by atoms with Crippen molar-refractivity contribution in [3.05, 3.63) is 65.7 Å². The molecule has 3 rings (SSSR count). The predicted molar refractivity (Wildman–Crippen MR) is 119 cm³/mol. The molecule has 0 unspecified atom stereocenters. The quantitative estimate of drug-likeness (QED) is 0.629. The molecule has 160 valence electrons. The summed E-state index contributed by atoms with van der Waals surface area (Å²) in [6.45, 7) is 7.02. The molecule has 8 heteroatoms. The third-order valence-electron chi connectivity index (χ3n) is 5.02. The fourth-order valence-electron chi connectivity index (χ4n) is 3.23. The van der Waals surface area contributed by atoms with Gasteiger partial charge in [-0.25, -0.2) is 8.42 Å². The lowest BCUT2D eigenvalue weighted by Crippen LogP contribution is -2.37. The molecular formula is C22H25ClN2O4S. The molecule has 0 aliphatic carbocycles. The van der Waals surface area contributed by atoms with Gasteiger partial charge in [0.25, 0.3) is 5.91 Å². The first kappa shape index (κ1) is 22.3. The van der Waals surface area contributed by atoms with Gasteiger partial charge < -0.3 is 10.1 Å². The van der Waals surface area contributed by atoms with Crippen LogP contribution < -0.4 is 10.1 Å². The molecule has 6 nitrogen and oxygen atoms in total. The maximum Gasteiger partial charge on any atom is 0.257 e. The molecule has 1 amide bonds. The minimum atomic E-state index is -3.68. The van der Waals surface area contributed by atoms with E-state index >= 15 is 0 Å². The molecule has 2 aromatic carbocycles. The van der Waals surface area contributed by atoms with Gasteiger partial charge in [-0.2, -0.15) is 4.31 Å². The van der Waals surface area contributed by atoms with Crippen molar-refractivity contribution in [2.45, 2.75) is 24.7 Å². The van der Waals surface area contributed by atoms with Crippen molar-refractivity contribution >= 4 is 33.2 Å². The summed E-state index contributed by atoms with van der Waals surface area (Å²) >= 11 is 6.21. The van der Waals surface area contributed by atoms with Gasteiger partial charge in [0.1, 0.15) is 12.4 Å². The first-order chi connectivity index (χ1) is 14.3. The Kier molecular flexibility index (Phi) is 7.18. The summed E-state index contributed by atoms with van der Waals surface area (Å²) in [6.07, 6.45) is 3.27. The van der Waals surface area contributed by atoms with Crippen LogP contribution in [0.5, 0.6) is 5.75 Å². The molecule has 1 heterocycles. The van der Waals surface area contributed by atoms with E-state index in [4.69, 9.17) is 16.3 Å². The average molecular weight is 449 g/mol. The van der Waals surface area contributed by atoms with E-state index in [1.807, 2.05) is 0 Å².